The summed E-state index contributed by atoms with van der Waals surface area (Å²) in [4.78, 5) is 22.4. The van der Waals surface area contributed by atoms with Crippen molar-refractivity contribution in [2.24, 2.45) is 0 Å². The third-order valence-electron chi connectivity index (χ3n) is 1.97. The molecule has 15 heavy (non-hydrogen) atoms. The zero-order chi connectivity index (χ0) is 11.4. The van der Waals surface area contributed by atoms with Crippen LogP contribution in [0, 0.1) is 6.92 Å². The van der Waals surface area contributed by atoms with Crippen LogP contribution in [0.15, 0.2) is 16.6 Å². The van der Waals surface area contributed by atoms with Gasteiger partial charge in [-0.05, 0) is 35.3 Å². The average molecular weight is 271 g/mol. The molecule has 0 aliphatic heterocycles. The molecule has 0 amide bonds. The van der Waals surface area contributed by atoms with Gasteiger partial charge in [-0.15, -0.1) is 0 Å². The molecule has 0 bridgehead atoms. The minimum atomic E-state index is -0.477. The van der Waals surface area contributed by atoms with Crippen molar-refractivity contribution >= 4 is 28.2 Å². The Balaban J connectivity index is 3.29. The van der Waals surface area contributed by atoms with Crippen molar-refractivity contribution in [1.29, 1.82) is 0 Å². The van der Waals surface area contributed by atoms with Crippen molar-refractivity contribution < 1.29 is 14.3 Å². The molecule has 4 heteroatoms. The number of halogens is 1. The predicted octanol–water partition coefficient (Wildman–Crippen LogP) is 2.75. The van der Waals surface area contributed by atoms with Crippen molar-refractivity contribution in [3.63, 3.8) is 0 Å². The fourth-order valence-corrected chi connectivity index (χ4v) is 1.73. The number of aryl methyl sites for hydroxylation is 1. The Morgan fingerprint density at radius 1 is 1.53 bits per heavy atom. The number of esters is 1. The first-order valence-corrected chi connectivity index (χ1v) is 5.32. The molecule has 0 radical (unpaired) electrons. The van der Waals surface area contributed by atoms with Crippen molar-refractivity contribution in [2.75, 3.05) is 6.61 Å². The molecule has 0 saturated heterocycles. The highest BCUT2D eigenvalue weighted by Gasteiger charge is 2.17. The maximum Gasteiger partial charge on any atom is 0.340 e. The van der Waals surface area contributed by atoms with E-state index in [0.717, 1.165) is 5.56 Å². The Morgan fingerprint density at radius 2 is 2.20 bits per heavy atom. The predicted molar refractivity (Wildman–Crippen MR) is 60.2 cm³/mol. The second kappa shape index (κ2) is 5.07. The molecule has 0 aliphatic rings. The number of hydrogen-bond acceptors (Lipinski definition) is 3. The van der Waals surface area contributed by atoms with E-state index < -0.39 is 5.97 Å². The fourth-order valence-electron chi connectivity index (χ4n) is 1.20. The lowest BCUT2D eigenvalue weighted by Gasteiger charge is -2.08. The van der Waals surface area contributed by atoms with E-state index in [-0.39, 0.29) is 6.61 Å². The lowest BCUT2D eigenvalue weighted by molar-refractivity contribution is 0.0523. The van der Waals surface area contributed by atoms with Crippen LogP contribution in [0.5, 0.6) is 0 Å². The molecule has 0 unspecified atom stereocenters. The highest BCUT2D eigenvalue weighted by Crippen LogP contribution is 2.24. The minimum absolute atomic E-state index is 0.289. The third kappa shape index (κ3) is 2.45. The van der Waals surface area contributed by atoms with Crippen molar-refractivity contribution in [3.05, 3.63) is 33.3 Å². The van der Waals surface area contributed by atoms with Crippen molar-refractivity contribution in [2.45, 2.75) is 13.8 Å². The van der Waals surface area contributed by atoms with Gasteiger partial charge in [-0.25, -0.2) is 4.79 Å². The number of carbonyl (C=O) groups excluding carboxylic acids is 2. The topological polar surface area (TPSA) is 43.4 Å². The van der Waals surface area contributed by atoms with E-state index in [2.05, 4.69) is 15.9 Å². The van der Waals surface area contributed by atoms with Crippen molar-refractivity contribution in [3.8, 4) is 0 Å². The molecule has 1 aromatic carbocycles. The van der Waals surface area contributed by atoms with E-state index >= 15 is 0 Å². The van der Waals surface area contributed by atoms with Gasteiger partial charge in [-0.3, -0.25) is 4.79 Å². The monoisotopic (exact) mass is 270 g/mol. The van der Waals surface area contributed by atoms with E-state index in [1.807, 2.05) is 6.92 Å². The van der Waals surface area contributed by atoms with Crippen LogP contribution in [-0.2, 0) is 4.74 Å². The van der Waals surface area contributed by atoms with Crippen LogP contribution in [0.2, 0.25) is 0 Å². The molecule has 0 atom stereocenters. The van der Waals surface area contributed by atoms with Gasteiger partial charge in [0.05, 0.1) is 12.2 Å². The quantitative estimate of drug-likeness (QED) is 0.627. The smallest absolute Gasteiger partial charge is 0.340 e. The molecule has 0 aromatic heterocycles. The summed E-state index contributed by atoms with van der Waals surface area (Å²) in [6, 6.07) is 3.38. The van der Waals surface area contributed by atoms with Crippen LogP contribution in [0.25, 0.3) is 0 Å². The Bertz CT molecular complexity index is 399. The summed E-state index contributed by atoms with van der Waals surface area (Å²) < 4.78 is 5.49. The summed E-state index contributed by atoms with van der Waals surface area (Å²) in [5.74, 6) is -0.477. The summed E-state index contributed by atoms with van der Waals surface area (Å²) in [7, 11) is 0. The zero-order valence-electron chi connectivity index (χ0n) is 8.54. The van der Waals surface area contributed by atoms with Crippen LogP contribution in [0.3, 0.4) is 0 Å². The minimum Gasteiger partial charge on any atom is -0.462 e. The lowest BCUT2D eigenvalue weighted by Crippen LogP contribution is -2.09. The van der Waals surface area contributed by atoms with Crippen LogP contribution < -0.4 is 0 Å². The first kappa shape index (κ1) is 11.9. The summed E-state index contributed by atoms with van der Waals surface area (Å²) in [5.41, 5.74) is 1.53. The number of rotatable bonds is 3. The van der Waals surface area contributed by atoms with Gasteiger partial charge in [0.1, 0.15) is 0 Å². The normalized spacial score (nSPS) is 9.80. The average Bonchev–Trinajstić information content (AvgIpc) is 2.22. The van der Waals surface area contributed by atoms with Gasteiger partial charge in [0.15, 0.2) is 6.29 Å². The van der Waals surface area contributed by atoms with Crippen molar-refractivity contribution in [1.82, 2.24) is 0 Å². The molecule has 0 heterocycles. The fraction of sp³-hybridized carbons (Fsp3) is 0.273. The first-order chi connectivity index (χ1) is 7.11. The SMILES string of the molecule is CCOC(=O)c1c(C=O)ccc(C)c1Br. The van der Waals surface area contributed by atoms with Gasteiger partial charge < -0.3 is 4.74 Å². The summed E-state index contributed by atoms with van der Waals surface area (Å²) in [6.45, 7) is 3.86. The summed E-state index contributed by atoms with van der Waals surface area (Å²) in [6.07, 6.45) is 0.649. The van der Waals surface area contributed by atoms with E-state index in [1.54, 1.807) is 19.1 Å². The Kier molecular flexibility index (Phi) is 4.03. The number of hydrogen-bond donors (Lipinski definition) is 0. The Hall–Kier alpha value is -1.16. The number of aldehydes is 1. The van der Waals surface area contributed by atoms with Gasteiger partial charge in [0.2, 0.25) is 0 Å². The third-order valence-corrected chi connectivity index (χ3v) is 3.00. The molecule has 1 aromatic rings. The van der Waals surface area contributed by atoms with Gasteiger partial charge in [0.25, 0.3) is 0 Å². The van der Waals surface area contributed by atoms with E-state index in [9.17, 15) is 9.59 Å². The molecular formula is C11H11BrO3. The number of ether oxygens (including phenoxy) is 1. The molecule has 1 rings (SSSR count). The highest BCUT2D eigenvalue weighted by molar-refractivity contribution is 9.10. The van der Waals surface area contributed by atoms with E-state index in [1.165, 1.54) is 0 Å². The number of carbonyl (C=O) groups is 2. The maximum absolute atomic E-state index is 11.6. The zero-order valence-corrected chi connectivity index (χ0v) is 10.1. The van der Waals surface area contributed by atoms with Gasteiger partial charge in [-0.1, -0.05) is 12.1 Å². The van der Waals surface area contributed by atoms with Crippen LogP contribution in [0.4, 0.5) is 0 Å². The van der Waals surface area contributed by atoms with Gasteiger partial charge in [-0.2, -0.15) is 0 Å². The molecule has 3 nitrogen and oxygen atoms in total. The molecule has 0 saturated carbocycles. The van der Waals surface area contributed by atoms with E-state index in [0.29, 0.717) is 21.9 Å². The Morgan fingerprint density at radius 3 is 2.73 bits per heavy atom. The van der Waals surface area contributed by atoms with E-state index in [4.69, 9.17) is 4.74 Å². The molecular weight excluding hydrogens is 260 g/mol. The molecule has 80 valence electrons. The van der Waals surface area contributed by atoms with Crippen LogP contribution in [-0.4, -0.2) is 18.9 Å². The molecule has 0 aliphatic carbocycles. The summed E-state index contributed by atoms with van der Waals surface area (Å²) >= 11 is 3.28. The van der Waals surface area contributed by atoms with Gasteiger partial charge in [0, 0.05) is 10.0 Å². The standard InChI is InChI=1S/C11H11BrO3/c1-3-15-11(14)9-8(6-13)5-4-7(2)10(9)12/h4-6H,3H2,1-2H3. The van der Waals surface area contributed by atoms with Crippen LogP contribution >= 0.6 is 15.9 Å². The highest BCUT2D eigenvalue weighted by atomic mass is 79.9. The lowest BCUT2D eigenvalue weighted by atomic mass is 10.1. The van der Waals surface area contributed by atoms with Crippen LogP contribution in [0.1, 0.15) is 33.2 Å². The Labute approximate surface area is 96.6 Å². The molecule has 0 N–H and O–H groups in total. The van der Waals surface area contributed by atoms with Gasteiger partial charge >= 0.3 is 5.97 Å². The molecule has 0 spiro atoms. The number of benzene rings is 1. The second-order valence-electron chi connectivity index (χ2n) is 3.00. The second-order valence-corrected chi connectivity index (χ2v) is 3.79. The molecule has 0 fully saturated rings. The largest absolute Gasteiger partial charge is 0.462 e. The maximum atomic E-state index is 11.6. The summed E-state index contributed by atoms with van der Waals surface area (Å²) in [5, 5.41) is 0. The first-order valence-electron chi connectivity index (χ1n) is 4.53.